The van der Waals surface area contributed by atoms with E-state index in [1.165, 1.54) is 31.6 Å². The Morgan fingerprint density at radius 2 is 1.48 bits per heavy atom. The van der Waals surface area contributed by atoms with E-state index in [4.69, 9.17) is 14.7 Å². The number of methoxy groups -OCH3 is 2. The molecule has 5 rings (SSSR count). The van der Waals surface area contributed by atoms with Crippen molar-refractivity contribution in [3.05, 3.63) is 100 Å². The fourth-order valence-corrected chi connectivity index (χ4v) is 7.80. The summed E-state index contributed by atoms with van der Waals surface area (Å²) in [7, 11) is 2.64. The van der Waals surface area contributed by atoms with Gasteiger partial charge in [-0.2, -0.15) is 5.26 Å². The van der Waals surface area contributed by atoms with Crippen LogP contribution in [0.25, 0.3) is 11.1 Å². The Balaban J connectivity index is 1.52. The summed E-state index contributed by atoms with van der Waals surface area (Å²) in [5.74, 6) is -0.758. The summed E-state index contributed by atoms with van der Waals surface area (Å²) in [6.45, 7) is 6.46. The van der Waals surface area contributed by atoms with Gasteiger partial charge < -0.3 is 19.7 Å². The smallest absolute Gasteiger partial charge is 0.326 e. The molecule has 1 unspecified atom stereocenters. The summed E-state index contributed by atoms with van der Waals surface area (Å²) in [4.78, 5) is 37.5. The number of nitrogens with zero attached hydrogens (tertiary/aromatic N) is 9. The molecule has 5 aromatic rings. The van der Waals surface area contributed by atoms with Gasteiger partial charge in [0.05, 0.1) is 55.1 Å². The van der Waals surface area contributed by atoms with E-state index >= 15 is 0 Å². The zero-order valence-electron chi connectivity index (χ0n) is 33.8. The third-order valence-electron chi connectivity index (χ3n) is 9.13. The Bertz CT molecular complexity index is 2390. The zero-order valence-corrected chi connectivity index (χ0v) is 35.5. The highest BCUT2D eigenvalue weighted by Gasteiger charge is 2.27. The number of nitro groups is 1. The van der Waals surface area contributed by atoms with Crippen LogP contribution in [0, 0.1) is 28.4 Å². The number of aryl methyl sites for hydroxylation is 1. The number of rotatable bonds is 20. The second-order valence-corrected chi connectivity index (χ2v) is 15.3. The molecule has 0 bridgehead atoms. The van der Waals surface area contributed by atoms with Gasteiger partial charge in [-0.25, -0.2) is 0 Å². The summed E-state index contributed by atoms with van der Waals surface area (Å²) in [5.41, 5.74) is 5.96. The normalized spacial score (nSPS) is 11.9. The predicted octanol–water partition coefficient (Wildman–Crippen LogP) is 12.5. The predicted molar refractivity (Wildman–Crippen MR) is 234 cm³/mol. The Kier molecular flexibility index (Phi) is 16.2. The van der Waals surface area contributed by atoms with Gasteiger partial charge in [0.2, 0.25) is 0 Å². The van der Waals surface area contributed by atoms with Gasteiger partial charge in [-0.05, 0) is 98.2 Å². The number of thiophene rings is 2. The number of nitrogens with one attached hydrogen (secondary N) is 1. The molecule has 310 valence electrons. The minimum Gasteiger partial charge on any atom is -0.469 e. The second-order valence-electron chi connectivity index (χ2n) is 13.3. The molecule has 0 spiro atoms. The molecule has 60 heavy (non-hydrogen) atoms. The van der Waals surface area contributed by atoms with Crippen LogP contribution in [0.3, 0.4) is 0 Å². The highest BCUT2D eigenvalue weighted by molar-refractivity contribution is 7.21. The lowest BCUT2D eigenvalue weighted by Gasteiger charge is -2.24. The first-order valence-electron chi connectivity index (χ1n) is 19.0. The third-order valence-corrected chi connectivity index (χ3v) is 11.1. The standard InChI is InChI=1S/C42H44N10O6S2/c1-6-33-39(42(50-45-30-12-8-7-9-13-30)60-40(33)48-46-31-16-14-29(15-17-31)44-28(3)11-10-22-43)34-26-36(52(55)56)59-41(34)49-47-35-19-18-32(25-27(35)2)51(23-20-37(53)57-4)24-21-38(54)58-5/h7-9,12-19,25-26,28,44H,6,10-11,20-21,23-24H2,1-5H3/b48-46?,49-47+,50-45?. The number of carbonyl (C=O) groups is 2. The average Bonchev–Trinajstić information content (AvgIpc) is 3.85. The number of carbonyl (C=O) groups excluding carboxylic acids is 2. The van der Waals surface area contributed by atoms with Gasteiger partial charge in [-0.15, -0.1) is 30.7 Å². The fraction of sp³-hybridized carbons (Fsp3) is 0.310. The molecule has 2 heterocycles. The zero-order chi connectivity index (χ0) is 43.0. The van der Waals surface area contributed by atoms with Crippen molar-refractivity contribution in [3.8, 4) is 17.2 Å². The highest BCUT2D eigenvalue weighted by atomic mass is 32.1. The lowest BCUT2D eigenvalue weighted by Crippen LogP contribution is -2.29. The van der Waals surface area contributed by atoms with E-state index in [0.717, 1.165) is 40.3 Å². The molecule has 0 saturated carbocycles. The van der Waals surface area contributed by atoms with Crippen molar-refractivity contribution >= 4 is 83.1 Å². The van der Waals surface area contributed by atoms with Crippen molar-refractivity contribution in [3.63, 3.8) is 0 Å². The average molecular weight is 849 g/mol. The van der Waals surface area contributed by atoms with Crippen molar-refractivity contribution < 1.29 is 24.0 Å². The molecule has 16 nitrogen and oxygen atoms in total. The van der Waals surface area contributed by atoms with E-state index in [-0.39, 0.29) is 35.8 Å². The van der Waals surface area contributed by atoms with Crippen LogP contribution in [0.15, 0.2) is 110 Å². The van der Waals surface area contributed by atoms with Gasteiger partial charge in [0.15, 0.2) is 5.00 Å². The van der Waals surface area contributed by atoms with Crippen molar-refractivity contribution in [2.45, 2.75) is 58.9 Å². The Labute approximate surface area is 355 Å². The lowest BCUT2D eigenvalue weighted by molar-refractivity contribution is -0.380. The monoisotopic (exact) mass is 848 g/mol. The maximum atomic E-state index is 12.2. The Morgan fingerprint density at radius 1 is 0.850 bits per heavy atom. The number of azo groups is 3. The Hall–Kier alpha value is -6.71. The van der Waals surface area contributed by atoms with E-state index in [9.17, 15) is 19.7 Å². The van der Waals surface area contributed by atoms with Crippen molar-refractivity contribution in [2.75, 3.05) is 37.5 Å². The van der Waals surface area contributed by atoms with Gasteiger partial charge in [-0.3, -0.25) is 19.7 Å². The summed E-state index contributed by atoms with van der Waals surface area (Å²) >= 11 is 2.16. The summed E-state index contributed by atoms with van der Waals surface area (Å²) in [5, 5.41) is 53.1. The number of ether oxygens (including phenoxy) is 2. The number of benzene rings is 3. The van der Waals surface area contributed by atoms with E-state index in [1.54, 1.807) is 6.07 Å². The number of esters is 2. The van der Waals surface area contributed by atoms with Crippen LogP contribution in [-0.4, -0.2) is 50.2 Å². The van der Waals surface area contributed by atoms with Crippen LogP contribution < -0.4 is 10.2 Å². The third kappa shape index (κ3) is 12.2. The molecule has 0 amide bonds. The van der Waals surface area contributed by atoms with Crippen molar-refractivity contribution in [1.82, 2.24) is 0 Å². The van der Waals surface area contributed by atoms with Crippen LogP contribution in [0.2, 0.25) is 0 Å². The second kappa shape index (κ2) is 21.9. The summed E-state index contributed by atoms with van der Waals surface area (Å²) in [6.07, 6.45) is 1.92. The van der Waals surface area contributed by atoms with Crippen LogP contribution in [0.4, 0.5) is 48.4 Å². The molecule has 3 aromatic carbocycles. The highest BCUT2D eigenvalue weighted by Crippen LogP contribution is 2.54. The van der Waals surface area contributed by atoms with Gasteiger partial charge >= 0.3 is 16.9 Å². The van der Waals surface area contributed by atoms with Gasteiger partial charge in [0.25, 0.3) is 0 Å². The first-order chi connectivity index (χ1) is 29.0. The largest absolute Gasteiger partial charge is 0.469 e. The molecule has 0 aliphatic carbocycles. The maximum absolute atomic E-state index is 12.2. The molecular formula is C42H44N10O6S2. The molecule has 1 atom stereocenters. The molecule has 0 fully saturated rings. The number of anilines is 2. The number of hydrogen-bond donors (Lipinski definition) is 1. The van der Waals surface area contributed by atoms with Crippen molar-refractivity contribution in [1.29, 1.82) is 5.26 Å². The molecular weight excluding hydrogens is 805 g/mol. The van der Waals surface area contributed by atoms with Gasteiger partial charge in [-0.1, -0.05) is 36.5 Å². The summed E-state index contributed by atoms with van der Waals surface area (Å²) in [6, 6.07) is 25.9. The van der Waals surface area contributed by atoms with Crippen LogP contribution in [-0.2, 0) is 25.5 Å². The Morgan fingerprint density at radius 3 is 2.08 bits per heavy atom. The molecule has 0 aliphatic heterocycles. The topological polar surface area (TPSA) is 209 Å². The van der Waals surface area contributed by atoms with E-state index in [0.29, 0.717) is 69.1 Å². The lowest BCUT2D eigenvalue weighted by atomic mass is 10.0. The molecule has 0 saturated heterocycles. The number of nitriles is 1. The molecule has 2 aromatic heterocycles. The van der Waals surface area contributed by atoms with Gasteiger partial charge in [0.1, 0.15) is 10.0 Å². The minimum atomic E-state index is -0.461. The van der Waals surface area contributed by atoms with E-state index in [1.807, 2.05) is 92.4 Å². The molecule has 1 N–H and O–H groups in total. The minimum absolute atomic E-state index is 0.117. The molecule has 18 heteroatoms. The van der Waals surface area contributed by atoms with Gasteiger partial charge in [0, 0.05) is 59.7 Å². The first kappa shape index (κ1) is 44.4. The van der Waals surface area contributed by atoms with E-state index < -0.39 is 4.92 Å². The van der Waals surface area contributed by atoms with Crippen LogP contribution >= 0.6 is 22.7 Å². The quantitative estimate of drug-likeness (QED) is 0.0341. The SMILES string of the molecule is CCc1c(N=Nc2ccc(NC(C)CCC#N)cc2)sc(N=Nc2ccccc2)c1-c1cc([N+](=O)[O-])sc1/N=N/c1ccc(N(CCC(=O)OC)CCC(=O)OC)cc1C. The summed E-state index contributed by atoms with van der Waals surface area (Å²) < 4.78 is 9.62. The number of hydrogen-bond acceptors (Lipinski definition) is 17. The van der Waals surface area contributed by atoms with E-state index in [2.05, 4.69) is 42.1 Å². The fourth-order valence-electron chi connectivity index (χ4n) is 5.95. The maximum Gasteiger partial charge on any atom is 0.326 e. The molecule has 0 radical (unpaired) electrons. The van der Waals surface area contributed by atoms with Crippen LogP contribution in [0.1, 0.15) is 50.7 Å². The first-order valence-corrected chi connectivity index (χ1v) is 20.6. The van der Waals surface area contributed by atoms with Crippen molar-refractivity contribution in [2.24, 2.45) is 30.7 Å². The van der Waals surface area contributed by atoms with Crippen LogP contribution in [0.5, 0.6) is 0 Å². The molecule has 0 aliphatic rings.